The van der Waals surface area contributed by atoms with Crippen LogP contribution >= 0.6 is 11.3 Å². The summed E-state index contributed by atoms with van der Waals surface area (Å²) in [5.41, 5.74) is 0.852. The zero-order chi connectivity index (χ0) is 22.6. The second-order valence-corrected chi connectivity index (χ2v) is 9.15. The van der Waals surface area contributed by atoms with E-state index in [0.717, 1.165) is 16.9 Å². The Morgan fingerprint density at radius 2 is 1.77 bits per heavy atom. The number of carbonyl (C=O) groups is 2. The lowest BCUT2D eigenvalue weighted by Gasteiger charge is -2.32. The van der Waals surface area contributed by atoms with Crippen molar-refractivity contribution in [1.29, 1.82) is 0 Å². The van der Waals surface area contributed by atoms with Crippen LogP contribution in [0.5, 0.6) is 0 Å². The van der Waals surface area contributed by atoms with Crippen molar-refractivity contribution in [3.05, 3.63) is 63.3 Å². The summed E-state index contributed by atoms with van der Waals surface area (Å²) >= 11 is 1.13. The quantitative estimate of drug-likeness (QED) is 0.617. The number of hydrogen-bond acceptors (Lipinski definition) is 6. The average molecular weight is 443 g/mol. The first-order chi connectivity index (χ1) is 14.6. The van der Waals surface area contributed by atoms with Gasteiger partial charge in [-0.05, 0) is 55.7 Å². The molecule has 0 aliphatic carbocycles. The van der Waals surface area contributed by atoms with E-state index in [9.17, 15) is 14.7 Å². The van der Waals surface area contributed by atoms with Crippen LogP contribution in [0.4, 0.5) is 4.79 Å². The van der Waals surface area contributed by atoms with Crippen LogP contribution in [0.2, 0.25) is 0 Å². The third-order valence-electron chi connectivity index (χ3n) is 5.44. The molecule has 0 radical (unpaired) electrons. The minimum Gasteiger partial charge on any atom is -0.477 e. The molecular formula is C22H26BNO6S. The minimum atomic E-state index is -1.01. The highest BCUT2D eigenvalue weighted by atomic mass is 32.1. The maximum atomic E-state index is 12.2. The average Bonchev–Trinajstić information content (AvgIpc) is 3.25. The molecule has 0 spiro atoms. The molecule has 0 atom stereocenters. The molecule has 2 N–H and O–H groups in total. The van der Waals surface area contributed by atoms with E-state index in [-0.39, 0.29) is 18.0 Å². The van der Waals surface area contributed by atoms with Gasteiger partial charge in [-0.2, -0.15) is 0 Å². The molecule has 2 heterocycles. The molecule has 31 heavy (non-hydrogen) atoms. The number of aromatic carboxylic acids is 1. The van der Waals surface area contributed by atoms with Crippen molar-refractivity contribution in [3.63, 3.8) is 0 Å². The number of nitrogens with one attached hydrogen (secondary N) is 1. The Morgan fingerprint density at radius 1 is 1.13 bits per heavy atom. The van der Waals surface area contributed by atoms with Gasteiger partial charge < -0.3 is 24.5 Å². The van der Waals surface area contributed by atoms with E-state index in [0.29, 0.717) is 11.0 Å². The monoisotopic (exact) mass is 443 g/mol. The number of carboxylic acids is 1. The Morgan fingerprint density at radius 3 is 2.39 bits per heavy atom. The fourth-order valence-electron chi connectivity index (χ4n) is 2.95. The summed E-state index contributed by atoms with van der Waals surface area (Å²) in [4.78, 5) is 23.9. The van der Waals surface area contributed by atoms with Crippen molar-refractivity contribution >= 4 is 36.6 Å². The summed E-state index contributed by atoms with van der Waals surface area (Å²) in [6.07, 6.45) is 1.11. The highest BCUT2D eigenvalue weighted by Gasteiger charge is 2.52. The third-order valence-corrected chi connectivity index (χ3v) is 6.35. The first kappa shape index (κ1) is 23.1. The molecule has 1 saturated heterocycles. The number of hydrogen-bond donors (Lipinski definition) is 2. The van der Waals surface area contributed by atoms with Crippen LogP contribution in [0.3, 0.4) is 0 Å². The number of benzene rings is 1. The number of rotatable bonds is 7. The first-order valence-corrected chi connectivity index (χ1v) is 10.8. The fourth-order valence-corrected chi connectivity index (χ4v) is 3.67. The molecule has 1 aliphatic heterocycles. The maximum Gasteiger partial charge on any atom is 0.492 e. The Balaban J connectivity index is 1.75. The zero-order valence-electron chi connectivity index (χ0n) is 18.0. The number of ether oxygens (including phenoxy) is 1. The van der Waals surface area contributed by atoms with Gasteiger partial charge in [-0.15, -0.1) is 11.3 Å². The summed E-state index contributed by atoms with van der Waals surface area (Å²) in [5, 5.41) is 13.8. The normalized spacial score (nSPS) is 17.4. The Bertz CT molecular complexity index is 953. The molecular weight excluding hydrogens is 417 g/mol. The lowest BCUT2D eigenvalue weighted by atomic mass is 9.77. The predicted molar refractivity (Wildman–Crippen MR) is 120 cm³/mol. The summed E-state index contributed by atoms with van der Waals surface area (Å²) in [5.74, 6) is -1.01. The molecule has 9 heteroatoms. The van der Waals surface area contributed by atoms with E-state index in [1.165, 1.54) is 0 Å². The van der Waals surface area contributed by atoms with E-state index >= 15 is 0 Å². The predicted octanol–water partition coefficient (Wildman–Crippen LogP) is 4.39. The second-order valence-electron chi connectivity index (χ2n) is 8.23. The van der Waals surface area contributed by atoms with Crippen molar-refractivity contribution < 1.29 is 28.7 Å². The van der Waals surface area contributed by atoms with Crippen molar-refractivity contribution in [2.75, 3.05) is 6.54 Å². The Hall–Kier alpha value is -2.62. The Labute approximate surface area is 186 Å². The van der Waals surface area contributed by atoms with Crippen LogP contribution in [0.1, 0.15) is 48.5 Å². The van der Waals surface area contributed by atoms with Crippen molar-refractivity contribution in [3.8, 4) is 0 Å². The van der Waals surface area contributed by atoms with Crippen molar-refractivity contribution in [1.82, 2.24) is 5.32 Å². The van der Waals surface area contributed by atoms with Gasteiger partial charge in [-0.1, -0.05) is 36.4 Å². The molecule has 1 aromatic heterocycles. The van der Waals surface area contributed by atoms with Gasteiger partial charge >= 0.3 is 19.2 Å². The maximum absolute atomic E-state index is 12.2. The van der Waals surface area contributed by atoms with Gasteiger partial charge in [0, 0.05) is 6.54 Å². The molecule has 1 fully saturated rings. The highest BCUT2D eigenvalue weighted by molar-refractivity contribution is 7.12. The van der Waals surface area contributed by atoms with Gasteiger partial charge in [0.2, 0.25) is 0 Å². The largest absolute Gasteiger partial charge is 0.492 e. The molecule has 1 aliphatic rings. The molecule has 7 nitrogen and oxygen atoms in total. The van der Waals surface area contributed by atoms with E-state index in [2.05, 4.69) is 5.32 Å². The number of thiophene rings is 1. The Kier molecular flexibility index (Phi) is 6.88. The number of carboxylic acid groups (broad SMARTS) is 1. The van der Waals surface area contributed by atoms with Crippen molar-refractivity contribution in [2.45, 2.75) is 45.5 Å². The number of carbonyl (C=O) groups excluding carboxylic acids is 1. The lowest BCUT2D eigenvalue weighted by molar-refractivity contribution is 0.00578. The fraction of sp³-hybridized carbons (Fsp3) is 0.364. The highest BCUT2D eigenvalue weighted by Crippen LogP contribution is 2.39. The van der Waals surface area contributed by atoms with Crippen LogP contribution in [-0.4, -0.2) is 42.0 Å². The zero-order valence-corrected chi connectivity index (χ0v) is 18.8. The standard InChI is InChI=1S/C22H26BNO6S/c1-21(2)22(3,4)30-23(29-21)17(12-16-10-11-31-18(16)19(25)26)13-24-20(27)28-14-15-8-6-5-7-9-15/h5-12H,13-14H2,1-4H3,(H,24,27)(H,25,26). The van der Waals surface area contributed by atoms with Gasteiger partial charge in [-0.25, -0.2) is 9.59 Å². The van der Waals surface area contributed by atoms with E-state index in [4.69, 9.17) is 14.0 Å². The van der Waals surface area contributed by atoms with E-state index < -0.39 is 30.4 Å². The van der Waals surface area contributed by atoms with Crippen LogP contribution < -0.4 is 5.32 Å². The molecule has 2 aromatic rings. The first-order valence-electron chi connectivity index (χ1n) is 9.90. The lowest BCUT2D eigenvalue weighted by Crippen LogP contribution is -2.41. The summed E-state index contributed by atoms with van der Waals surface area (Å²) in [6.45, 7) is 7.95. The van der Waals surface area contributed by atoms with Gasteiger partial charge in [0.05, 0.1) is 11.2 Å². The number of alkyl carbamates (subject to hydrolysis) is 1. The SMILES string of the molecule is CC1(C)OB(C(=Cc2ccsc2C(=O)O)CNC(=O)OCc2ccccc2)OC1(C)C. The van der Waals surface area contributed by atoms with E-state index in [1.807, 2.05) is 58.0 Å². The van der Waals surface area contributed by atoms with Gasteiger partial charge in [0.15, 0.2) is 0 Å². The molecule has 0 bridgehead atoms. The summed E-state index contributed by atoms with van der Waals surface area (Å²) in [7, 11) is -0.735. The van der Waals surface area contributed by atoms with Crippen LogP contribution in [0.25, 0.3) is 6.08 Å². The minimum absolute atomic E-state index is 0.0827. The second kappa shape index (κ2) is 9.26. The topological polar surface area (TPSA) is 94.1 Å². The molecule has 164 valence electrons. The summed E-state index contributed by atoms with van der Waals surface area (Å²) in [6, 6.07) is 11.1. The third kappa shape index (κ3) is 5.55. The molecule has 1 amide bonds. The number of amides is 1. The molecule has 3 rings (SSSR count). The van der Waals surface area contributed by atoms with Gasteiger partial charge in [-0.3, -0.25) is 0 Å². The molecule has 0 saturated carbocycles. The van der Waals surface area contributed by atoms with Gasteiger partial charge in [0.1, 0.15) is 11.5 Å². The summed E-state index contributed by atoms with van der Waals surface area (Å²) < 4.78 is 17.5. The van der Waals surface area contributed by atoms with Crippen LogP contribution in [0, 0.1) is 0 Å². The molecule has 1 aromatic carbocycles. The van der Waals surface area contributed by atoms with Gasteiger partial charge in [0.25, 0.3) is 0 Å². The van der Waals surface area contributed by atoms with Crippen LogP contribution in [-0.2, 0) is 20.7 Å². The van der Waals surface area contributed by atoms with Crippen molar-refractivity contribution in [2.24, 2.45) is 0 Å². The molecule has 0 unspecified atom stereocenters. The smallest absolute Gasteiger partial charge is 0.477 e. The van der Waals surface area contributed by atoms with E-state index in [1.54, 1.807) is 17.5 Å². The van der Waals surface area contributed by atoms with Crippen LogP contribution in [0.15, 0.2) is 47.3 Å².